The summed E-state index contributed by atoms with van der Waals surface area (Å²) in [7, 11) is 2.44. The van der Waals surface area contributed by atoms with Gasteiger partial charge in [-0.2, -0.15) is 0 Å². The van der Waals surface area contributed by atoms with Gasteiger partial charge in [-0.3, -0.25) is 4.79 Å². The standard InChI is InChI=1S/C17H17N3O7/c1-25-16(23)10-8-20(5-6-21)15(22)13(10)18-9-3-4-12-11(7-9)19-14(27-12)17(24)26-2/h3-4,7,18,21H,5-6,8H2,1-2H3. The number of anilines is 1. The predicted molar refractivity (Wildman–Crippen MR) is 91.7 cm³/mol. The molecule has 0 aliphatic carbocycles. The smallest absolute Gasteiger partial charge is 0.394 e. The molecule has 0 bridgehead atoms. The number of hydrogen-bond acceptors (Lipinski definition) is 9. The molecule has 1 aliphatic rings. The molecule has 27 heavy (non-hydrogen) atoms. The molecule has 0 fully saturated rings. The monoisotopic (exact) mass is 375 g/mol. The number of carbonyl (C=O) groups excluding carboxylic acids is 3. The third-order valence-corrected chi connectivity index (χ3v) is 3.97. The number of benzene rings is 1. The molecule has 0 unspecified atom stereocenters. The lowest BCUT2D eigenvalue weighted by Gasteiger charge is -2.14. The van der Waals surface area contributed by atoms with E-state index in [0.29, 0.717) is 16.8 Å². The van der Waals surface area contributed by atoms with Gasteiger partial charge >= 0.3 is 17.8 Å². The van der Waals surface area contributed by atoms with Crippen molar-refractivity contribution >= 4 is 34.6 Å². The Bertz CT molecular complexity index is 947. The number of nitrogens with zero attached hydrogens (tertiary/aromatic N) is 2. The third kappa shape index (κ3) is 3.47. The van der Waals surface area contributed by atoms with E-state index in [1.54, 1.807) is 18.2 Å². The van der Waals surface area contributed by atoms with Gasteiger partial charge in [0.15, 0.2) is 5.58 Å². The molecule has 10 nitrogen and oxygen atoms in total. The summed E-state index contributed by atoms with van der Waals surface area (Å²) in [6.07, 6.45) is 0. The first-order chi connectivity index (χ1) is 13.0. The maximum absolute atomic E-state index is 12.5. The summed E-state index contributed by atoms with van der Waals surface area (Å²) < 4.78 is 14.6. The van der Waals surface area contributed by atoms with E-state index in [2.05, 4.69) is 15.0 Å². The highest BCUT2D eigenvalue weighted by Gasteiger charge is 2.34. The summed E-state index contributed by atoms with van der Waals surface area (Å²) in [6.45, 7) is -0.100. The molecule has 10 heteroatoms. The van der Waals surface area contributed by atoms with E-state index in [9.17, 15) is 14.4 Å². The number of β-amino-alcohol motifs (C(OH)–C–C–N with tert-alkyl or cyclic N) is 1. The molecule has 0 atom stereocenters. The number of hydrogen-bond donors (Lipinski definition) is 2. The summed E-state index contributed by atoms with van der Waals surface area (Å²) in [6, 6.07) is 4.74. The molecule has 3 rings (SSSR count). The molecule has 0 spiro atoms. The summed E-state index contributed by atoms with van der Waals surface area (Å²) in [5, 5.41) is 12.0. The molecule has 1 amide bonds. The van der Waals surface area contributed by atoms with E-state index >= 15 is 0 Å². The number of ether oxygens (including phenoxy) is 2. The van der Waals surface area contributed by atoms with E-state index in [0.717, 1.165) is 0 Å². The molecule has 1 aliphatic heterocycles. The Morgan fingerprint density at radius 1 is 1.30 bits per heavy atom. The third-order valence-electron chi connectivity index (χ3n) is 3.97. The van der Waals surface area contributed by atoms with Crippen molar-refractivity contribution in [2.75, 3.05) is 39.2 Å². The molecular formula is C17H17N3O7. The van der Waals surface area contributed by atoms with Gasteiger partial charge in [-0.15, -0.1) is 0 Å². The lowest BCUT2D eigenvalue weighted by molar-refractivity contribution is -0.136. The Hall–Kier alpha value is -3.40. The van der Waals surface area contributed by atoms with Crippen molar-refractivity contribution in [1.29, 1.82) is 0 Å². The van der Waals surface area contributed by atoms with Crippen molar-refractivity contribution in [3.8, 4) is 0 Å². The zero-order valence-corrected chi connectivity index (χ0v) is 14.6. The number of aliphatic hydroxyl groups excluding tert-OH is 1. The molecule has 142 valence electrons. The largest absolute Gasteiger partial charge is 0.466 e. The van der Waals surface area contributed by atoms with Gasteiger partial charge in [-0.1, -0.05) is 0 Å². The zero-order valence-electron chi connectivity index (χ0n) is 14.6. The summed E-state index contributed by atoms with van der Waals surface area (Å²) in [5.41, 5.74) is 1.42. The van der Waals surface area contributed by atoms with Crippen molar-refractivity contribution in [1.82, 2.24) is 9.88 Å². The maximum Gasteiger partial charge on any atom is 0.394 e. The molecule has 2 N–H and O–H groups in total. The van der Waals surface area contributed by atoms with Crippen molar-refractivity contribution in [3.05, 3.63) is 35.4 Å². The van der Waals surface area contributed by atoms with Crippen LogP contribution in [0.5, 0.6) is 0 Å². The Balaban J connectivity index is 1.92. The van der Waals surface area contributed by atoms with Gasteiger partial charge in [-0.05, 0) is 18.2 Å². The highest BCUT2D eigenvalue weighted by atomic mass is 16.5. The van der Waals surface area contributed by atoms with E-state index in [1.165, 1.54) is 19.1 Å². The SMILES string of the molecule is COC(=O)C1=C(Nc2ccc3oc(C(=O)OC)nc3c2)C(=O)N(CCO)C1. The van der Waals surface area contributed by atoms with Crippen molar-refractivity contribution < 1.29 is 33.4 Å². The molecule has 1 aromatic carbocycles. The first-order valence-corrected chi connectivity index (χ1v) is 7.96. The van der Waals surface area contributed by atoms with Gasteiger partial charge in [-0.25, -0.2) is 14.6 Å². The first kappa shape index (κ1) is 18.4. The van der Waals surface area contributed by atoms with Crippen LogP contribution in [0.15, 0.2) is 33.9 Å². The number of carbonyl (C=O) groups is 3. The number of methoxy groups -OCH3 is 2. The van der Waals surface area contributed by atoms with Gasteiger partial charge in [0, 0.05) is 12.2 Å². The van der Waals surface area contributed by atoms with Crippen LogP contribution in [-0.4, -0.2) is 66.8 Å². The average Bonchev–Trinajstić information content (AvgIpc) is 3.23. The van der Waals surface area contributed by atoms with Gasteiger partial charge in [0.1, 0.15) is 11.2 Å². The summed E-state index contributed by atoms with van der Waals surface area (Å²) >= 11 is 0. The van der Waals surface area contributed by atoms with Crippen LogP contribution in [-0.2, 0) is 19.1 Å². The van der Waals surface area contributed by atoms with Crippen LogP contribution < -0.4 is 5.32 Å². The van der Waals surface area contributed by atoms with E-state index in [4.69, 9.17) is 14.3 Å². The van der Waals surface area contributed by atoms with Crippen LogP contribution in [0.25, 0.3) is 11.1 Å². The molecule has 0 saturated carbocycles. The Kier molecular flexibility index (Phi) is 5.08. The first-order valence-electron chi connectivity index (χ1n) is 7.96. The van der Waals surface area contributed by atoms with Crippen LogP contribution in [0.4, 0.5) is 5.69 Å². The van der Waals surface area contributed by atoms with Crippen LogP contribution in [0.1, 0.15) is 10.7 Å². The molecule has 2 heterocycles. The minimum absolute atomic E-state index is 0.0348. The second-order valence-electron chi connectivity index (χ2n) is 5.61. The van der Waals surface area contributed by atoms with Gasteiger partial charge in [0.05, 0.1) is 32.9 Å². The molecule has 0 saturated heterocycles. The number of rotatable bonds is 6. The van der Waals surface area contributed by atoms with Crippen LogP contribution in [0.2, 0.25) is 0 Å². The molecule has 0 radical (unpaired) electrons. The number of nitrogens with one attached hydrogen (secondary N) is 1. The normalized spacial score (nSPS) is 14.0. The molecular weight excluding hydrogens is 358 g/mol. The lowest BCUT2D eigenvalue weighted by Crippen LogP contribution is -2.31. The number of oxazole rings is 1. The highest BCUT2D eigenvalue weighted by molar-refractivity contribution is 6.08. The highest BCUT2D eigenvalue weighted by Crippen LogP contribution is 2.25. The van der Waals surface area contributed by atoms with Crippen molar-refractivity contribution in [3.63, 3.8) is 0 Å². The average molecular weight is 375 g/mol. The number of amides is 1. The topological polar surface area (TPSA) is 131 Å². The summed E-state index contributed by atoms with van der Waals surface area (Å²) in [5.74, 6) is -1.96. The zero-order chi connectivity index (χ0) is 19.6. The maximum atomic E-state index is 12.5. The summed E-state index contributed by atoms with van der Waals surface area (Å²) in [4.78, 5) is 41.4. The Morgan fingerprint density at radius 2 is 2.04 bits per heavy atom. The fourth-order valence-corrected chi connectivity index (χ4v) is 2.67. The fraction of sp³-hybridized carbons (Fsp3) is 0.294. The van der Waals surface area contributed by atoms with Gasteiger partial charge in [0.25, 0.3) is 5.91 Å². The Labute approximate surface area is 153 Å². The van der Waals surface area contributed by atoms with Crippen molar-refractivity contribution in [2.24, 2.45) is 0 Å². The van der Waals surface area contributed by atoms with Crippen LogP contribution in [0, 0.1) is 0 Å². The minimum atomic E-state index is -0.706. The number of aliphatic hydroxyl groups is 1. The Morgan fingerprint density at radius 3 is 2.70 bits per heavy atom. The van der Waals surface area contributed by atoms with E-state index in [1.807, 2.05) is 0 Å². The predicted octanol–water partition coefficient (Wildman–Crippen LogP) is 0.288. The number of aromatic nitrogens is 1. The van der Waals surface area contributed by atoms with E-state index < -0.39 is 17.8 Å². The van der Waals surface area contributed by atoms with E-state index in [-0.39, 0.29) is 36.9 Å². The quantitative estimate of drug-likeness (QED) is 0.684. The van der Waals surface area contributed by atoms with Gasteiger partial charge < -0.3 is 29.2 Å². The molecule has 2 aromatic rings. The van der Waals surface area contributed by atoms with Crippen LogP contribution in [0.3, 0.4) is 0 Å². The number of fused-ring (bicyclic) bond motifs is 1. The second-order valence-corrected chi connectivity index (χ2v) is 5.61. The fourth-order valence-electron chi connectivity index (χ4n) is 2.67. The van der Waals surface area contributed by atoms with Crippen molar-refractivity contribution in [2.45, 2.75) is 0 Å². The second kappa shape index (κ2) is 7.46. The number of esters is 2. The van der Waals surface area contributed by atoms with Gasteiger partial charge in [0.2, 0.25) is 0 Å². The molecule has 1 aromatic heterocycles. The minimum Gasteiger partial charge on any atom is -0.466 e. The van der Waals surface area contributed by atoms with Crippen LogP contribution >= 0.6 is 0 Å². The lowest BCUT2D eigenvalue weighted by atomic mass is 10.2.